The average Bonchev–Trinajstić information content (AvgIpc) is 2.72. The first-order valence-corrected chi connectivity index (χ1v) is 6.58. The van der Waals surface area contributed by atoms with Crippen LogP contribution in [0.15, 0.2) is 0 Å². The monoisotopic (exact) mass is 287 g/mol. The minimum Gasteiger partial charge on any atom is -0.477 e. The van der Waals surface area contributed by atoms with Gasteiger partial charge in [0.05, 0.1) is 6.61 Å². The SMILES string of the molecule is CCCCOc1nsc(NC(=O)N(C)C)c1C(=O)O. The van der Waals surface area contributed by atoms with Gasteiger partial charge in [-0.1, -0.05) is 13.3 Å². The molecule has 0 aromatic carbocycles. The molecule has 8 heteroatoms. The number of anilines is 1. The van der Waals surface area contributed by atoms with E-state index in [-0.39, 0.29) is 16.4 Å². The number of carboxylic acid groups (broad SMARTS) is 1. The second-order valence-corrected chi connectivity index (χ2v) is 4.80. The predicted molar refractivity (Wildman–Crippen MR) is 72.2 cm³/mol. The summed E-state index contributed by atoms with van der Waals surface area (Å²) in [7, 11) is 3.13. The quantitative estimate of drug-likeness (QED) is 0.782. The maximum atomic E-state index is 11.5. The van der Waals surface area contributed by atoms with Gasteiger partial charge in [-0.3, -0.25) is 5.32 Å². The molecule has 2 amide bonds. The molecule has 0 atom stereocenters. The Hall–Kier alpha value is -1.83. The molecular formula is C11H17N3O4S. The molecule has 0 bridgehead atoms. The van der Waals surface area contributed by atoms with Crippen LogP contribution in [-0.4, -0.2) is 47.1 Å². The first-order valence-electron chi connectivity index (χ1n) is 5.81. The molecule has 1 heterocycles. The summed E-state index contributed by atoms with van der Waals surface area (Å²) >= 11 is 0.894. The largest absolute Gasteiger partial charge is 0.477 e. The predicted octanol–water partition coefficient (Wildman–Crippen LogP) is 2.11. The maximum absolute atomic E-state index is 11.5. The molecule has 0 fully saturated rings. The Balaban J connectivity index is 2.87. The van der Waals surface area contributed by atoms with Gasteiger partial charge in [-0.25, -0.2) is 9.59 Å². The van der Waals surface area contributed by atoms with Gasteiger partial charge in [0.15, 0.2) is 5.56 Å². The van der Waals surface area contributed by atoms with Crippen molar-refractivity contribution in [1.29, 1.82) is 0 Å². The third-order valence-electron chi connectivity index (χ3n) is 2.24. The summed E-state index contributed by atoms with van der Waals surface area (Å²) in [6, 6.07) is -0.411. The highest BCUT2D eigenvalue weighted by molar-refractivity contribution is 7.11. The number of carboxylic acids is 1. The van der Waals surface area contributed by atoms with E-state index in [0.717, 1.165) is 24.4 Å². The Bertz CT molecular complexity index is 459. The summed E-state index contributed by atoms with van der Waals surface area (Å²) in [5.74, 6) is -1.12. The molecule has 1 rings (SSSR count). The van der Waals surface area contributed by atoms with Crippen LogP contribution in [0.5, 0.6) is 5.88 Å². The lowest BCUT2D eigenvalue weighted by atomic mass is 10.3. The number of amides is 2. The molecule has 1 aromatic rings. The fourth-order valence-electron chi connectivity index (χ4n) is 1.17. The van der Waals surface area contributed by atoms with Crippen LogP contribution >= 0.6 is 11.5 Å². The molecule has 0 saturated heterocycles. The van der Waals surface area contributed by atoms with Crippen molar-refractivity contribution in [2.24, 2.45) is 0 Å². The van der Waals surface area contributed by atoms with E-state index in [1.807, 2.05) is 6.92 Å². The lowest BCUT2D eigenvalue weighted by Crippen LogP contribution is -2.27. The summed E-state index contributed by atoms with van der Waals surface area (Å²) in [5, 5.41) is 11.8. The molecule has 0 radical (unpaired) electrons. The lowest BCUT2D eigenvalue weighted by Gasteiger charge is -2.10. The van der Waals surface area contributed by atoms with E-state index in [1.54, 1.807) is 14.1 Å². The second kappa shape index (κ2) is 6.93. The first kappa shape index (κ1) is 15.2. The fraction of sp³-hybridized carbons (Fsp3) is 0.545. The molecule has 0 aliphatic heterocycles. The number of aromatic carboxylic acids is 1. The zero-order valence-corrected chi connectivity index (χ0v) is 11.9. The summed E-state index contributed by atoms with van der Waals surface area (Å²) in [4.78, 5) is 24.0. The summed E-state index contributed by atoms with van der Waals surface area (Å²) in [6.45, 7) is 2.41. The van der Waals surface area contributed by atoms with E-state index < -0.39 is 12.0 Å². The van der Waals surface area contributed by atoms with Crippen LogP contribution in [0, 0.1) is 0 Å². The molecule has 0 spiro atoms. The van der Waals surface area contributed by atoms with Gasteiger partial charge in [0.1, 0.15) is 5.00 Å². The highest BCUT2D eigenvalue weighted by Gasteiger charge is 2.23. The number of nitrogens with one attached hydrogen (secondary N) is 1. The van der Waals surface area contributed by atoms with E-state index in [9.17, 15) is 9.59 Å². The minimum absolute atomic E-state index is 0.0556. The molecule has 0 unspecified atom stereocenters. The van der Waals surface area contributed by atoms with Crippen molar-refractivity contribution in [3.63, 3.8) is 0 Å². The summed E-state index contributed by atoms with van der Waals surface area (Å²) in [5.41, 5.74) is -0.101. The Labute approximate surface area is 115 Å². The van der Waals surface area contributed by atoms with Crippen LogP contribution < -0.4 is 10.1 Å². The number of urea groups is 1. The third kappa shape index (κ3) is 4.09. The van der Waals surface area contributed by atoms with Crippen LogP contribution in [0.25, 0.3) is 0 Å². The molecule has 1 aromatic heterocycles. The van der Waals surface area contributed by atoms with Crippen LogP contribution in [-0.2, 0) is 0 Å². The number of rotatable bonds is 6. The number of carbonyl (C=O) groups excluding carboxylic acids is 1. The molecule has 0 aliphatic rings. The van der Waals surface area contributed by atoms with E-state index in [0.29, 0.717) is 6.61 Å². The third-order valence-corrected chi connectivity index (χ3v) is 2.98. The van der Waals surface area contributed by atoms with Crippen molar-refractivity contribution in [2.75, 3.05) is 26.0 Å². The number of hydrogen-bond acceptors (Lipinski definition) is 5. The molecule has 7 nitrogen and oxygen atoms in total. The Kier molecular flexibility index (Phi) is 5.56. The van der Waals surface area contributed by atoms with Gasteiger partial charge < -0.3 is 14.7 Å². The first-order chi connectivity index (χ1) is 8.97. The van der Waals surface area contributed by atoms with Crippen molar-refractivity contribution in [2.45, 2.75) is 19.8 Å². The smallest absolute Gasteiger partial charge is 0.344 e. The van der Waals surface area contributed by atoms with Crippen LogP contribution in [0.2, 0.25) is 0 Å². The summed E-state index contributed by atoms with van der Waals surface area (Å²) < 4.78 is 9.24. The maximum Gasteiger partial charge on any atom is 0.344 e. The van der Waals surface area contributed by atoms with Crippen molar-refractivity contribution in [3.05, 3.63) is 5.56 Å². The molecule has 0 saturated carbocycles. The second-order valence-electron chi connectivity index (χ2n) is 4.02. The molecule has 2 N–H and O–H groups in total. The normalized spacial score (nSPS) is 10.1. The summed E-state index contributed by atoms with van der Waals surface area (Å²) in [6.07, 6.45) is 1.76. The van der Waals surface area contributed by atoms with E-state index in [2.05, 4.69) is 9.69 Å². The van der Waals surface area contributed by atoms with Gasteiger partial charge >= 0.3 is 12.0 Å². The standard InChI is InChI=1S/C11H17N3O4S/c1-4-5-6-18-8-7(10(15)16)9(19-13-8)12-11(17)14(2)3/h4-6H2,1-3H3,(H,12,17)(H,15,16). The Morgan fingerprint density at radius 1 is 1.47 bits per heavy atom. The zero-order valence-electron chi connectivity index (χ0n) is 11.1. The number of nitrogens with zero attached hydrogens (tertiary/aromatic N) is 2. The van der Waals surface area contributed by atoms with Gasteiger partial charge in [-0.05, 0) is 18.0 Å². The van der Waals surface area contributed by atoms with Gasteiger partial charge in [0.2, 0.25) is 5.88 Å². The Morgan fingerprint density at radius 2 is 2.16 bits per heavy atom. The number of aromatic nitrogens is 1. The van der Waals surface area contributed by atoms with Gasteiger partial charge in [0.25, 0.3) is 0 Å². The highest BCUT2D eigenvalue weighted by atomic mass is 32.1. The van der Waals surface area contributed by atoms with Crippen molar-refractivity contribution in [3.8, 4) is 5.88 Å². The zero-order chi connectivity index (χ0) is 14.4. The minimum atomic E-state index is -1.17. The number of hydrogen-bond donors (Lipinski definition) is 2. The fourth-order valence-corrected chi connectivity index (χ4v) is 1.89. The molecule has 19 heavy (non-hydrogen) atoms. The molecule has 106 valence electrons. The molecule has 0 aliphatic carbocycles. The van der Waals surface area contributed by atoms with Crippen molar-refractivity contribution < 1.29 is 19.4 Å². The van der Waals surface area contributed by atoms with Crippen molar-refractivity contribution in [1.82, 2.24) is 9.27 Å². The van der Waals surface area contributed by atoms with Gasteiger partial charge in [-0.2, -0.15) is 4.37 Å². The highest BCUT2D eigenvalue weighted by Crippen LogP contribution is 2.30. The van der Waals surface area contributed by atoms with E-state index in [1.165, 1.54) is 4.90 Å². The topological polar surface area (TPSA) is 91.8 Å². The van der Waals surface area contributed by atoms with Crippen LogP contribution in [0.4, 0.5) is 9.80 Å². The van der Waals surface area contributed by atoms with Gasteiger partial charge in [0, 0.05) is 14.1 Å². The average molecular weight is 287 g/mol. The number of ether oxygens (including phenoxy) is 1. The number of carbonyl (C=O) groups is 2. The van der Waals surface area contributed by atoms with Crippen LogP contribution in [0.3, 0.4) is 0 Å². The van der Waals surface area contributed by atoms with E-state index >= 15 is 0 Å². The van der Waals surface area contributed by atoms with Gasteiger partial charge in [-0.15, -0.1) is 0 Å². The van der Waals surface area contributed by atoms with Crippen LogP contribution in [0.1, 0.15) is 30.1 Å². The van der Waals surface area contributed by atoms with Crippen molar-refractivity contribution >= 4 is 28.5 Å². The number of unbranched alkanes of at least 4 members (excludes halogenated alkanes) is 1. The lowest BCUT2D eigenvalue weighted by molar-refractivity contribution is 0.0693. The molecular weight excluding hydrogens is 270 g/mol. The Morgan fingerprint density at radius 3 is 2.68 bits per heavy atom. The van der Waals surface area contributed by atoms with E-state index in [4.69, 9.17) is 9.84 Å².